The maximum absolute atomic E-state index is 11.4. The molecule has 1 aromatic rings. The van der Waals surface area contributed by atoms with Gasteiger partial charge in [-0.05, 0) is 30.7 Å². The highest BCUT2D eigenvalue weighted by atomic mass is 16.5. The second-order valence-corrected chi connectivity index (χ2v) is 3.89. The van der Waals surface area contributed by atoms with Gasteiger partial charge in [0.2, 0.25) is 0 Å². The van der Waals surface area contributed by atoms with Crippen molar-refractivity contribution >= 4 is 17.6 Å². The summed E-state index contributed by atoms with van der Waals surface area (Å²) >= 11 is 0. The highest BCUT2D eigenvalue weighted by molar-refractivity contribution is 5.77. The summed E-state index contributed by atoms with van der Waals surface area (Å²) in [5, 5.41) is 2.65. The van der Waals surface area contributed by atoms with E-state index in [4.69, 9.17) is 10.5 Å². The third kappa shape index (κ3) is 6.30. The smallest absolute Gasteiger partial charge is 0.305 e. The molecule has 0 saturated heterocycles. The number of anilines is 1. The minimum absolute atomic E-state index is 0.0673. The molecule has 0 saturated carbocycles. The Bertz CT molecular complexity index is 417. The summed E-state index contributed by atoms with van der Waals surface area (Å²) in [4.78, 5) is 22.2. The van der Waals surface area contributed by atoms with Gasteiger partial charge < -0.3 is 20.5 Å². The lowest BCUT2D eigenvalue weighted by molar-refractivity contribution is -0.140. The number of hydrogen-bond donors (Lipinski definition) is 2. The highest BCUT2D eigenvalue weighted by Crippen LogP contribution is 2.12. The lowest BCUT2D eigenvalue weighted by Crippen LogP contribution is -2.30. The van der Waals surface area contributed by atoms with Crippen LogP contribution in [0.3, 0.4) is 0 Å². The third-order valence-electron chi connectivity index (χ3n) is 2.36. The molecular weight excluding hydrogens is 248 g/mol. The summed E-state index contributed by atoms with van der Waals surface area (Å²) in [5.41, 5.74) is 6.17. The molecular formula is C13H18N2O4. The summed E-state index contributed by atoms with van der Waals surface area (Å²) in [6.07, 6.45) is 0.829. The van der Waals surface area contributed by atoms with E-state index >= 15 is 0 Å². The molecule has 6 heteroatoms. The SMILES string of the molecule is COC(=O)CCCNC(=O)COc1ccc(N)cc1. The van der Waals surface area contributed by atoms with E-state index in [0.29, 0.717) is 24.4 Å². The average Bonchev–Trinajstić information content (AvgIpc) is 2.42. The lowest BCUT2D eigenvalue weighted by Gasteiger charge is -2.07. The van der Waals surface area contributed by atoms with Crippen molar-refractivity contribution in [1.29, 1.82) is 0 Å². The molecule has 3 N–H and O–H groups in total. The van der Waals surface area contributed by atoms with Gasteiger partial charge in [0.25, 0.3) is 5.91 Å². The fourth-order valence-electron chi connectivity index (χ4n) is 1.33. The zero-order valence-electron chi connectivity index (χ0n) is 10.8. The van der Waals surface area contributed by atoms with E-state index in [1.54, 1.807) is 24.3 Å². The van der Waals surface area contributed by atoms with Gasteiger partial charge in [0, 0.05) is 18.7 Å². The van der Waals surface area contributed by atoms with Crippen LogP contribution >= 0.6 is 0 Å². The van der Waals surface area contributed by atoms with Crippen molar-refractivity contribution < 1.29 is 19.1 Å². The van der Waals surface area contributed by atoms with Crippen molar-refractivity contribution in [1.82, 2.24) is 5.32 Å². The van der Waals surface area contributed by atoms with Crippen LogP contribution in [0.15, 0.2) is 24.3 Å². The molecule has 6 nitrogen and oxygen atoms in total. The molecule has 0 unspecified atom stereocenters. The summed E-state index contributed by atoms with van der Waals surface area (Å²) in [6, 6.07) is 6.78. The van der Waals surface area contributed by atoms with Gasteiger partial charge in [-0.25, -0.2) is 0 Å². The van der Waals surface area contributed by atoms with Crippen LogP contribution in [0.2, 0.25) is 0 Å². The Kier molecular flexibility index (Phi) is 6.21. The number of ether oxygens (including phenoxy) is 2. The Morgan fingerprint density at radius 2 is 1.95 bits per heavy atom. The van der Waals surface area contributed by atoms with E-state index in [1.807, 2.05) is 0 Å². The third-order valence-corrected chi connectivity index (χ3v) is 2.36. The fourth-order valence-corrected chi connectivity index (χ4v) is 1.33. The number of rotatable bonds is 7. The molecule has 1 amide bonds. The van der Waals surface area contributed by atoms with Crippen LogP contribution < -0.4 is 15.8 Å². The van der Waals surface area contributed by atoms with Crippen LogP contribution in [0.4, 0.5) is 5.69 Å². The van der Waals surface area contributed by atoms with E-state index in [9.17, 15) is 9.59 Å². The number of nitrogen functional groups attached to an aromatic ring is 1. The van der Waals surface area contributed by atoms with E-state index in [0.717, 1.165) is 0 Å². The fraction of sp³-hybridized carbons (Fsp3) is 0.385. The lowest BCUT2D eigenvalue weighted by atomic mass is 10.3. The first-order valence-corrected chi connectivity index (χ1v) is 5.93. The van der Waals surface area contributed by atoms with Gasteiger partial charge in [0.15, 0.2) is 6.61 Å². The molecule has 0 atom stereocenters. The van der Waals surface area contributed by atoms with Crippen LogP contribution in [-0.4, -0.2) is 32.1 Å². The Hall–Kier alpha value is -2.24. The van der Waals surface area contributed by atoms with Gasteiger partial charge >= 0.3 is 5.97 Å². The number of esters is 1. The van der Waals surface area contributed by atoms with Crippen LogP contribution in [0.25, 0.3) is 0 Å². The van der Waals surface area contributed by atoms with Gasteiger partial charge in [0.1, 0.15) is 5.75 Å². The largest absolute Gasteiger partial charge is 0.484 e. The van der Waals surface area contributed by atoms with Crippen LogP contribution in [0, 0.1) is 0 Å². The Morgan fingerprint density at radius 3 is 2.58 bits per heavy atom. The molecule has 0 aliphatic heterocycles. The standard InChI is InChI=1S/C13H18N2O4/c1-18-13(17)3-2-8-15-12(16)9-19-11-6-4-10(14)5-7-11/h4-7H,2-3,8-9,14H2,1H3,(H,15,16). The number of hydrogen-bond acceptors (Lipinski definition) is 5. The Labute approximate surface area is 111 Å². The number of nitrogens with two attached hydrogens (primary N) is 1. The predicted octanol–water partition coefficient (Wildman–Crippen LogP) is 0.717. The van der Waals surface area contributed by atoms with Gasteiger partial charge in [-0.1, -0.05) is 0 Å². The topological polar surface area (TPSA) is 90.6 Å². The first-order chi connectivity index (χ1) is 9.11. The number of carbonyl (C=O) groups excluding carboxylic acids is 2. The summed E-state index contributed by atoms with van der Waals surface area (Å²) in [6.45, 7) is 0.348. The second kappa shape index (κ2) is 7.97. The van der Waals surface area contributed by atoms with Gasteiger partial charge in [-0.15, -0.1) is 0 Å². The second-order valence-electron chi connectivity index (χ2n) is 3.89. The highest BCUT2D eigenvalue weighted by Gasteiger charge is 2.04. The zero-order valence-corrected chi connectivity index (χ0v) is 10.8. The molecule has 1 rings (SSSR count). The minimum atomic E-state index is -0.285. The number of carbonyl (C=O) groups is 2. The number of benzene rings is 1. The molecule has 0 aromatic heterocycles. The van der Waals surface area contributed by atoms with Crippen LogP contribution in [0.1, 0.15) is 12.8 Å². The van der Waals surface area contributed by atoms with Gasteiger partial charge in [-0.3, -0.25) is 9.59 Å². The Balaban J connectivity index is 2.14. The van der Waals surface area contributed by atoms with E-state index in [1.165, 1.54) is 7.11 Å². The normalized spacial score (nSPS) is 9.74. The molecule has 104 valence electrons. The molecule has 0 bridgehead atoms. The van der Waals surface area contributed by atoms with E-state index in [2.05, 4.69) is 10.1 Å². The van der Waals surface area contributed by atoms with Crippen molar-refractivity contribution in [3.8, 4) is 5.75 Å². The van der Waals surface area contributed by atoms with Crippen molar-refractivity contribution in [3.05, 3.63) is 24.3 Å². The van der Waals surface area contributed by atoms with E-state index in [-0.39, 0.29) is 24.9 Å². The van der Waals surface area contributed by atoms with Gasteiger partial charge in [-0.2, -0.15) is 0 Å². The zero-order chi connectivity index (χ0) is 14.1. The molecule has 0 fully saturated rings. The predicted molar refractivity (Wildman–Crippen MR) is 70.6 cm³/mol. The first kappa shape index (κ1) is 14.8. The van der Waals surface area contributed by atoms with Crippen molar-refractivity contribution in [2.45, 2.75) is 12.8 Å². The molecule has 1 aromatic carbocycles. The molecule has 0 heterocycles. The van der Waals surface area contributed by atoms with E-state index < -0.39 is 0 Å². The maximum atomic E-state index is 11.4. The van der Waals surface area contributed by atoms with Crippen LogP contribution in [0.5, 0.6) is 5.75 Å². The monoisotopic (exact) mass is 266 g/mol. The number of amides is 1. The first-order valence-electron chi connectivity index (χ1n) is 5.93. The number of nitrogens with one attached hydrogen (secondary N) is 1. The molecule has 0 aliphatic carbocycles. The van der Waals surface area contributed by atoms with Crippen molar-refractivity contribution in [2.24, 2.45) is 0 Å². The Morgan fingerprint density at radius 1 is 1.26 bits per heavy atom. The minimum Gasteiger partial charge on any atom is -0.484 e. The average molecular weight is 266 g/mol. The molecule has 0 radical (unpaired) electrons. The quantitative estimate of drug-likeness (QED) is 0.431. The molecule has 19 heavy (non-hydrogen) atoms. The van der Waals surface area contributed by atoms with Crippen molar-refractivity contribution in [3.63, 3.8) is 0 Å². The molecule has 0 aliphatic rings. The van der Waals surface area contributed by atoms with Crippen LogP contribution in [-0.2, 0) is 14.3 Å². The van der Waals surface area contributed by atoms with Crippen molar-refractivity contribution in [2.75, 3.05) is 26.0 Å². The molecule has 0 spiro atoms. The number of methoxy groups -OCH3 is 1. The maximum Gasteiger partial charge on any atom is 0.305 e. The summed E-state index contributed by atoms with van der Waals surface area (Å²) < 4.78 is 9.75. The van der Waals surface area contributed by atoms with Gasteiger partial charge in [0.05, 0.1) is 7.11 Å². The summed E-state index contributed by atoms with van der Waals surface area (Å²) in [7, 11) is 1.33. The summed E-state index contributed by atoms with van der Waals surface area (Å²) in [5.74, 6) is 0.0629.